The normalized spacial score (nSPS) is 11.3. The summed E-state index contributed by atoms with van der Waals surface area (Å²) in [6, 6.07) is 10.9. The molecule has 22 heavy (non-hydrogen) atoms. The summed E-state index contributed by atoms with van der Waals surface area (Å²) in [6.07, 6.45) is -3.81. The molecule has 2 N–H and O–H groups in total. The molecule has 2 aromatic carbocycles. The van der Waals surface area contributed by atoms with Crippen LogP contribution in [0.15, 0.2) is 42.5 Å². The topological polar surface area (TPSA) is 44.5 Å². The van der Waals surface area contributed by atoms with Crippen molar-refractivity contribution in [1.29, 1.82) is 0 Å². The largest absolute Gasteiger partial charge is 0.573 e. The average molecular weight is 311 g/mol. The molecule has 3 nitrogen and oxygen atoms in total. The molecule has 0 atom stereocenters. The first kappa shape index (κ1) is 16.0. The van der Waals surface area contributed by atoms with Gasteiger partial charge < -0.3 is 15.2 Å². The summed E-state index contributed by atoms with van der Waals surface area (Å²) in [4.78, 5) is 0. The van der Waals surface area contributed by atoms with E-state index in [1.807, 2.05) is 6.92 Å². The zero-order valence-electron chi connectivity index (χ0n) is 12.0. The maximum Gasteiger partial charge on any atom is 0.573 e. The molecule has 0 saturated heterocycles. The van der Waals surface area contributed by atoms with Gasteiger partial charge in [-0.2, -0.15) is 0 Å². The van der Waals surface area contributed by atoms with Crippen molar-refractivity contribution < 1.29 is 22.6 Å². The summed E-state index contributed by atoms with van der Waals surface area (Å²) in [5.41, 5.74) is 7.93. The van der Waals surface area contributed by atoms with Gasteiger partial charge in [0, 0.05) is 0 Å². The van der Waals surface area contributed by atoms with Gasteiger partial charge in [0.15, 0.2) is 0 Å². The molecule has 2 rings (SSSR count). The van der Waals surface area contributed by atoms with Crippen molar-refractivity contribution in [1.82, 2.24) is 0 Å². The maximum atomic E-state index is 12.1. The Balaban J connectivity index is 2.16. The van der Waals surface area contributed by atoms with Crippen LogP contribution < -0.4 is 15.2 Å². The zero-order chi connectivity index (χ0) is 16.2. The highest BCUT2D eigenvalue weighted by molar-refractivity contribution is 5.71. The smallest absolute Gasteiger partial charge is 0.491 e. The number of hydrogen-bond acceptors (Lipinski definition) is 3. The van der Waals surface area contributed by atoms with E-state index in [1.165, 1.54) is 12.1 Å². The summed E-state index contributed by atoms with van der Waals surface area (Å²) in [7, 11) is 0. The molecule has 0 amide bonds. The van der Waals surface area contributed by atoms with E-state index in [0.717, 1.165) is 17.5 Å². The number of benzene rings is 2. The van der Waals surface area contributed by atoms with Gasteiger partial charge in [-0.05, 0) is 41.8 Å². The Labute approximate surface area is 126 Å². The van der Waals surface area contributed by atoms with E-state index in [1.54, 1.807) is 30.3 Å². The average Bonchev–Trinajstić information content (AvgIpc) is 2.45. The summed E-state index contributed by atoms with van der Waals surface area (Å²) in [5.74, 6) is 0.342. The molecule has 0 unspecified atom stereocenters. The molecule has 0 spiro atoms. The van der Waals surface area contributed by atoms with Gasteiger partial charge in [0.2, 0.25) is 0 Å². The van der Waals surface area contributed by atoms with Gasteiger partial charge in [0.25, 0.3) is 0 Å². The second-order valence-corrected chi connectivity index (χ2v) is 4.67. The molecule has 0 fully saturated rings. The second kappa shape index (κ2) is 6.60. The van der Waals surface area contributed by atoms with Crippen LogP contribution >= 0.6 is 0 Å². The number of alkyl halides is 3. The minimum absolute atomic E-state index is 0.257. The highest BCUT2D eigenvalue weighted by Crippen LogP contribution is 2.30. The molecule has 0 aromatic heterocycles. The summed E-state index contributed by atoms with van der Waals surface area (Å²) in [6.45, 7) is 2.57. The Morgan fingerprint density at radius 2 is 1.64 bits per heavy atom. The van der Waals surface area contributed by atoms with Crippen molar-refractivity contribution >= 4 is 5.69 Å². The van der Waals surface area contributed by atoms with Crippen molar-refractivity contribution in [2.24, 2.45) is 0 Å². The number of hydrogen-bond donors (Lipinski definition) is 1. The van der Waals surface area contributed by atoms with Gasteiger partial charge in [-0.15, -0.1) is 13.2 Å². The minimum Gasteiger partial charge on any atom is -0.491 e. The number of nitrogens with two attached hydrogens (primary N) is 1. The van der Waals surface area contributed by atoms with Gasteiger partial charge in [0.05, 0.1) is 12.3 Å². The first-order valence-electron chi connectivity index (χ1n) is 6.77. The third-order valence-corrected chi connectivity index (χ3v) is 2.89. The van der Waals surface area contributed by atoms with E-state index in [0.29, 0.717) is 18.0 Å². The Kier molecular flexibility index (Phi) is 4.80. The minimum atomic E-state index is -4.69. The van der Waals surface area contributed by atoms with Crippen molar-refractivity contribution in [3.8, 4) is 22.6 Å². The number of anilines is 1. The first-order chi connectivity index (χ1) is 10.4. The quantitative estimate of drug-likeness (QED) is 0.819. The predicted octanol–water partition coefficient (Wildman–Crippen LogP) is 4.62. The Morgan fingerprint density at radius 3 is 2.18 bits per heavy atom. The SMILES string of the molecule is CCCOc1ccc(-c2ccc(OC(F)(F)F)cc2)cc1N. The van der Waals surface area contributed by atoms with Gasteiger partial charge in [-0.1, -0.05) is 25.1 Å². The lowest BCUT2D eigenvalue weighted by Crippen LogP contribution is -2.16. The first-order valence-corrected chi connectivity index (χ1v) is 6.77. The van der Waals surface area contributed by atoms with E-state index < -0.39 is 6.36 Å². The lowest BCUT2D eigenvalue weighted by atomic mass is 10.0. The molecule has 118 valence electrons. The van der Waals surface area contributed by atoms with Crippen LogP contribution in [0.3, 0.4) is 0 Å². The summed E-state index contributed by atoms with van der Waals surface area (Å²) >= 11 is 0. The zero-order valence-corrected chi connectivity index (χ0v) is 12.0. The molecule has 2 aromatic rings. The molecule has 0 aliphatic rings. The lowest BCUT2D eigenvalue weighted by molar-refractivity contribution is -0.274. The van der Waals surface area contributed by atoms with Crippen molar-refractivity contribution in [2.75, 3.05) is 12.3 Å². The van der Waals surface area contributed by atoms with Crippen LogP contribution in [0, 0.1) is 0 Å². The third kappa shape index (κ3) is 4.31. The van der Waals surface area contributed by atoms with Crippen molar-refractivity contribution in [2.45, 2.75) is 19.7 Å². The van der Waals surface area contributed by atoms with Crippen LogP contribution in [0.25, 0.3) is 11.1 Å². The molecule has 0 aliphatic carbocycles. The molecule has 0 radical (unpaired) electrons. The van der Waals surface area contributed by atoms with Crippen molar-refractivity contribution in [3.05, 3.63) is 42.5 Å². The Morgan fingerprint density at radius 1 is 1.00 bits per heavy atom. The molecule has 0 aliphatic heterocycles. The van der Waals surface area contributed by atoms with Crippen LogP contribution in [0.5, 0.6) is 11.5 Å². The van der Waals surface area contributed by atoms with E-state index in [2.05, 4.69) is 4.74 Å². The van der Waals surface area contributed by atoms with Gasteiger partial charge in [-0.3, -0.25) is 0 Å². The lowest BCUT2D eigenvalue weighted by Gasteiger charge is -2.11. The number of ether oxygens (including phenoxy) is 2. The van der Waals surface area contributed by atoms with E-state index in [4.69, 9.17) is 10.5 Å². The van der Waals surface area contributed by atoms with Crippen molar-refractivity contribution in [3.63, 3.8) is 0 Å². The fourth-order valence-corrected chi connectivity index (χ4v) is 1.92. The fourth-order valence-electron chi connectivity index (χ4n) is 1.92. The van der Waals surface area contributed by atoms with E-state index in [9.17, 15) is 13.2 Å². The van der Waals surface area contributed by atoms with Crippen LogP contribution in [0.2, 0.25) is 0 Å². The number of rotatable bonds is 5. The van der Waals surface area contributed by atoms with Gasteiger partial charge in [-0.25, -0.2) is 0 Å². The van der Waals surface area contributed by atoms with E-state index >= 15 is 0 Å². The maximum absolute atomic E-state index is 12.1. The van der Waals surface area contributed by atoms with E-state index in [-0.39, 0.29) is 5.75 Å². The Hall–Kier alpha value is -2.37. The molecule has 0 saturated carbocycles. The third-order valence-electron chi connectivity index (χ3n) is 2.89. The van der Waals surface area contributed by atoms with Crippen LogP contribution in [0.1, 0.15) is 13.3 Å². The highest BCUT2D eigenvalue weighted by Gasteiger charge is 2.30. The molecular weight excluding hydrogens is 295 g/mol. The van der Waals surface area contributed by atoms with Gasteiger partial charge in [0.1, 0.15) is 11.5 Å². The molecule has 0 bridgehead atoms. The standard InChI is InChI=1S/C16H16F3NO2/c1-2-9-21-15-8-5-12(10-14(15)20)11-3-6-13(7-4-11)22-16(17,18)19/h3-8,10H,2,9,20H2,1H3. The number of nitrogen functional groups attached to an aromatic ring is 1. The summed E-state index contributed by atoms with van der Waals surface area (Å²) in [5, 5.41) is 0. The summed E-state index contributed by atoms with van der Waals surface area (Å²) < 4.78 is 45.6. The molecule has 6 heteroatoms. The Bertz CT molecular complexity index is 624. The monoisotopic (exact) mass is 311 g/mol. The van der Waals surface area contributed by atoms with Crippen LogP contribution in [-0.2, 0) is 0 Å². The fraction of sp³-hybridized carbons (Fsp3) is 0.250. The molecule has 0 heterocycles. The predicted molar refractivity (Wildman–Crippen MR) is 78.8 cm³/mol. The molecular formula is C16H16F3NO2. The second-order valence-electron chi connectivity index (χ2n) is 4.67. The van der Waals surface area contributed by atoms with Crippen LogP contribution in [-0.4, -0.2) is 13.0 Å². The number of halogens is 3. The van der Waals surface area contributed by atoms with Gasteiger partial charge >= 0.3 is 6.36 Å². The van der Waals surface area contributed by atoms with Crippen LogP contribution in [0.4, 0.5) is 18.9 Å². The highest BCUT2D eigenvalue weighted by atomic mass is 19.4.